The number of hydrogen-bond acceptors (Lipinski definition) is 7. The van der Waals surface area contributed by atoms with Crippen molar-refractivity contribution in [2.24, 2.45) is 0 Å². The predicted octanol–water partition coefficient (Wildman–Crippen LogP) is 4.06. The third kappa shape index (κ3) is 6.12. The lowest BCUT2D eigenvalue weighted by Crippen LogP contribution is -2.58. The van der Waals surface area contributed by atoms with Crippen molar-refractivity contribution in [3.63, 3.8) is 0 Å². The number of Topliss-reactive ketones (excluding diaryl/α,β-unsaturated/α-hetero) is 1. The molecule has 9 heteroatoms. The Morgan fingerprint density at radius 2 is 1.86 bits per heavy atom. The molecule has 7 nitrogen and oxygen atoms in total. The van der Waals surface area contributed by atoms with E-state index in [0.717, 1.165) is 55.2 Å². The van der Waals surface area contributed by atoms with Crippen LogP contribution in [0.3, 0.4) is 0 Å². The van der Waals surface area contributed by atoms with E-state index in [2.05, 4.69) is 29.0 Å². The molecule has 2 aliphatic rings. The normalized spacial score (nSPS) is 19.5. The van der Waals surface area contributed by atoms with E-state index in [-0.39, 0.29) is 36.0 Å². The first-order chi connectivity index (χ1) is 17.2. The monoisotopic (exact) mass is 516 g/mol. The zero-order chi connectivity index (χ0) is 25.9. The number of morpholine rings is 1. The fourth-order valence-electron chi connectivity index (χ4n) is 4.88. The van der Waals surface area contributed by atoms with Gasteiger partial charge in [-0.3, -0.25) is 14.5 Å². The third-order valence-corrected chi connectivity index (χ3v) is 8.14. The Morgan fingerprint density at radius 1 is 1.17 bits per heavy atom. The number of aromatic nitrogens is 1. The molecule has 3 heterocycles. The van der Waals surface area contributed by atoms with Gasteiger partial charge in [0.05, 0.1) is 31.2 Å². The third-order valence-electron chi connectivity index (χ3n) is 7.02. The van der Waals surface area contributed by atoms with E-state index >= 15 is 0 Å². The summed E-state index contributed by atoms with van der Waals surface area (Å²) in [6.07, 6.45) is 3.04. The number of halogens is 1. The summed E-state index contributed by atoms with van der Waals surface area (Å²) in [5, 5.41) is 4.68. The summed E-state index contributed by atoms with van der Waals surface area (Å²) < 4.78 is 19.0. The number of carbonyl (C=O) groups excluding carboxylic acids is 2. The fourth-order valence-corrected chi connectivity index (χ4v) is 6.02. The van der Waals surface area contributed by atoms with Gasteiger partial charge < -0.3 is 15.0 Å². The highest BCUT2D eigenvalue weighted by Crippen LogP contribution is 2.37. The summed E-state index contributed by atoms with van der Waals surface area (Å²) in [7, 11) is 0. The summed E-state index contributed by atoms with van der Waals surface area (Å²) in [5.41, 5.74) is 0.547. The molecule has 1 aromatic carbocycles. The van der Waals surface area contributed by atoms with Gasteiger partial charge in [-0.05, 0) is 71.3 Å². The average molecular weight is 517 g/mol. The maximum absolute atomic E-state index is 13.5. The van der Waals surface area contributed by atoms with Crippen molar-refractivity contribution in [2.45, 2.75) is 71.0 Å². The molecule has 0 unspecified atom stereocenters. The number of ether oxygens (including phenoxy) is 1. The largest absolute Gasteiger partial charge is 0.378 e. The first kappa shape index (κ1) is 26.7. The quantitative estimate of drug-likeness (QED) is 0.571. The van der Waals surface area contributed by atoms with E-state index in [0.29, 0.717) is 18.2 Å². The van der Waals surface area contributed by atoms with Crippen LogP contribution in [0.4, 0.5) is 9.39 Å². The summed E-state index contributed by atoms with van der Waals surface area (Å²) in [6, 6.07) is 6.35. The smallest absolute Gasteiger partial charge is 0.238 e. The van der Waals surface area contributed by atoms with Crippen molar-refractivity contribution >= 4 is 28.0 Å². The van der Waals surface area contributed by atoms with E-state index in [1.165, 1.54) is 23.5 Å². The van der Waals surface area contributed by atoms with Gasteiger partial charge in [0, 0.05) is 24.7 Å². The van der Waals surface area contributed by atoms with E-state index in [9.17, 15) is 14.0 Å². The zero-order valence-electron chi connectivity index (χ0n) is 21.7. The van der Waals surface area contributed by atoms with Gasteiger partial charge in [0.2, 0.25) is 5.91 Å². The van der Waals surface area contributed by atoms with Gasteiger partial charge in [-0.15, -0.1) is 11.3 Å². The Balaban J connectivity index is 1.51. The molecule has 2 aromatic rings. The Kier molecular flexibility index (Phi) is 8.42. The minimum Gasteiger partial charge on any atom is -0.378 e. The molecule has 1 N–H and O–H groups in total. The van der Waals surface area contributed by atoms with Crippen molar-refractivity contribution in [1.82, 2.24) is 15.2 Å². The Hall–Kier alpha value is -2.36. The van der Waals surface area contributed by atoms with Crippen molar-refractivity contribution in [3.8, 4) is 11.3 Å². The minimum atomic E-state index is -1.02. The topological polar surface area (TPSA) is 74.8 Å². The molecule has 1 atom stereocenters. The molecule has 196 valence electrons. The van der Waals surface area contributed by atoms with E-state index < -0.39 is 5.54 Å². The zero-order valence-corrected chi connectivity index (χ0v) is 22.5. The molecule has 2 saturated heterocycles. The highest BCUT2D eigenvalue weighted by atomic mass is 32.1. The first-order valence-electron chi connectivity index (χ1n) is 12.8. The lowest BCUT2D eigenvalue weighted by atomic mass is 9.94. The predicted molar refractivity (Wildman–Crippen MR) is 141 cm³/mol. The molecule has 0 saturated carbocycles. The van der Waals surface area contributed by atoms with Crippen LogP contribution in [-0.2, 0) is 20.7 Å². The molecule has 0 bridgehead atoms. The lowest BCUT2D eigenvalue weighted by molar-refractivity contribution is -0.135. The second-order valence-electron chi connectivity index (χ2n) is 10.4. The Bertz CT molecular complexity index is 1060. The standard InChI is InChI=1S/C27H37FN4O3S/c1-18(2)32-12-6-5-7-21(32)25(34)30-27(3,4)22(33)17-23-29-24(19-8-10-20(28)11-9-19)26(36-23)31-13-15-35-16-14-31/h8-11,18,21H,5-7,12-17H2,1-4H3,(H,30,34)/t21-/m0/s1. The van der Waals surface area contributed by atoms with Crippen LogP contribution in [0.15, 0.2) is 24.3 Å². The molecule has 1 aromatic heterocycles. The Labute approximate surface area is 217 Å². The van der Waals surface area contributed by atoms with Gasteiger partial charge in [-0.2, -0.15) is 0 Å². The van der Waals surface area contributed by atoms with Crippen LogP contribution >= 0.6 is 11.3 Å². The van der Waals surface area contributed by atoms with E-state index in [4.69, 9.17) is 9.72 Å². The molecule has 0 radical (unpaired) electrons. The van der Waals surface area contributed by atoms with Crippen LogP contribution in [0.1, 0.15) is 52.0 Å². The number of ketones is 1. The molecule has 4 rings (SSSR count). The SMILES string of the molecule is CC(C)N1CCCC[C@H]1C(=O)NC(C)(C)C(=O)Cc1nc(-c2ccc(F)cc2)c(N2CCOCC2)s1. The number of likely N-dealkylation sites (tertiary alicyclic amines) is 1. The second kappa shape index (κ2) is 11.4. The molecular formula is C27H37FN4O3S. The maximum Gasteiger partial charge on any atom is 0.238 e. The van der Waals surface area contributed by atoms with Crippen LogP contribution in [0.2, 0.25) is 0 Å². The summed E-state index contributed by atoms with van der Waals surface area (Å²) in [5.74, 6) is -0.471. The maximum atomic E-state index is 13.5. The van der Waals surface area contributed by atoms with E-state index in [1.54, 1.807) is 26.0 Å². The number of amides is 1. The van der Waals surface area contributed by atoms with Gasteiger partial charge in [0.15, 0.2) is 5.78 Å². The van der Waals surface area contributed by atoms with Crippen molar-refractivity contribution < 1.29 is 18.7 Å². The van der Waals surface area contributed by atoms with Crippen molar-refractivity contribution in [3.05, 3.63) is 35.1 Å². The Morgan fingerprint density at radius 3 is 2.53 bits per heavy atom. The average Bonchev–Trinajstić information content (AvgIpc) is 3.28. The number of nitrogens with one attached hydrogen (secondary N) is 1. The van der Waals surface area contributed by atoms with Gasteiger partial charge in [0.25, 0.3) is 0 Å². The number of carbonyl (C=O) groups is 2. The number of thiazole rings is 1. The molecule has 2 fully saturated rings. The molecule has 1 amide bonds. The van der Waals surface area contributed by atoms with E-state index in [1.807, 2.05) is 0 Å². The minimum absolute atomic E-state index is 0.0816. The molecular weight excluding hydrogens is 479 g/mol. The van der Waals surface area contributed by atoms with Crippen molar-refractivity contribution in [2.75, 3.05) is 37.7 Å². The van der Waals surface area contributed by atoms with Gasteiger partial charge in [-0.1, -0.05) is 6.42 Å². The van der Waals surface area contributed by atoms with Gasteiger partial charge >= 0.3 is 0 Å². The summed E-state index contributed by atoms with van der Waals surface area (Å²) >= 11 is 1.48. The van der Waals surface area contributed by atoms with Crippen LogP contribution < -0.4 is 10.2 Å². The molecule has 0 spiro atoms. The summed E-state index contributed by atoms with van der Waals surface area (Å²) in [6.45, 7) is 11.4. The van der Waals surface area contributed by atoms with Crippen LogP contribution in [0, 0.1) is 5.82 Å². The van der Waals surface area contributed by atoms with Gasteiger partial charge in [-0.25, -0.2) is 9.37 Å². The summed E-state index contributed by atoms with van der Waals surface area (Å²) in [4.78, 5) is 35.9. The number of hydrogen-bond donors (Lipinski definition) is 1. The molecule has 0 aliphatic carbocycles. The number of benzene rings is 1. The lowest BCUT2D eigenvalue weighted by Gasteiger charge is -2.39. The van der Waals surface area contributed by atoms with Crippen LogP contribution in [0.25, 0.3) is 11.3 Å². The number of nitrogens with zero attached hydrogens (tertiary/aromatic N) is 3. The highest BCUT2D eigenvalue weighted by molar-refractivity contribution is 7.16. The molecule has 36 heavy (non-hydrogen) atoms. The van der Waals surface area contributed by atoms with Crippen LogP contribution in [0.5, 0.6) is 0 Å². The molecule has 2 aliphatic heterocycles. The fraction of sp³-hybridized carbons (Fsp3) is 0.593. The van der Waals surface area contributed by atoms with Crippen LogP contribution in [-0.4, -0.2) is 72.0 Å². The number of rotatable bonds is 8. The number of piperidine rings is 1. The van der Waals surface area contributed by atoms with Gasteiger partial charge in [0.1, 0.15) is 21.5 Å². The first-order valence-corrected chi connectivity index (χ1v) is 13.7. The van der Waals surface area contributed by atoms with Crippen molar-refractivity contribution in [1.29, 1.82) is 0 Å². The number of anilines is 1. The second-order valence-corrected chi connectivity index (χ2v) is 11.5. The highest BCUT2D eigenvalue weighted by Gasteiger charge is 2.36.